The van der Waals surface area contributed by atoms with Gasteiger partial charge in [-0.25, -0.2) is 0 Å². The van der Waals surface area contributed by atoms with E-state index in [1.54, 1.807) is 0 Å². The maximum absolute atomic E-state index is 2.38. The van der Waals surface area contributed by atoms with E-state index in [1.165, 1.54) is 148 Å². The van der Waals surface area contributed by atoms with Gasteiger partial charge in [-0.3, -0.25) is 0 Å². The molecular weight excluding hydrogens is 435 g/mol. The molecule has 0 heterocycles. The zero-order chi connectivity index (χ0) is 21.4. The van der Waals surface area contributed by atoms with Gasteiger partial charge in [-0.05, 0) is 38.5 Å². The molecule has 0 saturated heterocycles. The van der Waals surface area contributed by atoms with Gasteiger partial charge in [0.25, 0.3) is 0 Å². The van der Waals surface area contributed by atoms with Crippen molar-refractivity contribution in [3.8, 4) is 0 Å². The highest BCUT2D eigenvalue weighted by atomic mass is 35.5. The van der Waals surface area contributed by atoms with Crippen LogP contribution in [0.15, 0.2) is 0 Å². The fourth-order valence-electron chi connectivity index (χ4n) is 4.51. The fraction of sp³-hybridized carbons (Fsp3) is 1.00. The molecular formula is C28H64Cl2N2. The molecule has 4 heteroatoms. The topological polar surface area (TPSA) is 40.9 Å². The second-order valence-electron chi connectivity index (χ2n) is 10.2. The molecule has 5 N–H and O–H groups in total. The van der Waals surface area contributed by atoms with Crippen molar-refractivity contribution >= 4 is 0 Å². The number of nitrogens with one attached hydrogen (secondary N) is 1. The second kappa shape index (κ2) is 33.7. The molecule has 0 aromatic rings. The molecule has 2 nitrogen and oxygen atoms in total. The summed E-state index contributed by atoms with van der Waals surface area (Å²) >= 11 is 0. The molecule has 0 saturated carbocycles. The molecule has 0 aliphatic heterocycles. The van der Waals surface area contributed by atoms with Crippen LogP contribution in [0.25, 0.3) is 0 Å². The molecule has 32 heavy (non-hydrogen) atoms. The van der Waals surface area contributed by atoms with Gasteiger partial charge in [0, 0.05) is 0 Å². The third-order valence-corrected chi connectivity index (χ3v) is 6.70. The first-order valence-electron chi connectivity index (χ1n) is 14.0. The summed E-state index contributed by atoms with van der Waals surface area (Å²) in [6.07, 6.45) is 29.2. The van der Waals surface area contributed by atoms with Gasteiger partial charge in [0.05, 0.1) is 19.6 Å². The van der Waals surface area contributed by atoms with E-state index < -0.39 is 0 Å². The van der Waals surface area contributed by atoms with Gasteiger partial charge in [-0.15, -0.1) is 0 Å². The number of rotatable bonds is 24. The Bertz CT molecular complexity index is 301. The molecule has 0 aromatic carbocycles. The Morgan fingerprint density at radius 1 is 0.469 bits per heavy atom. The summed E-state index contributed by atoms with van der Waals surface area (Å²) < 4.78 is 0. The van der Waals surface area contributed by atoms with Gasteiger partial charge in [-0.2, -0.15) is 0 Å². The molecule has 1 atom stereocenters. The SMILES string of the molecule is CCCCCCCCCCCC[NH+](CC)CCCCCCCCCCCC(C)C.[Cl-].[Cl-].[NH4+]. The normalized spacial score (nSPS) is 11.5. The summed E-state index contributed by atoms with van der Waals surface area (Å²) in [5.41, 5.74) is 0. The van der Waals surface area contributed by atoms with Crippen molar-refractivity contribution in [2.75, 3.05) is 19.6 Å². The third kappa shape index (κ3) is 32.7. The smallest absolute Gasteiger partial charge is 0.0770 e. The van der Waals surface area contributed by atoms with Crippen LogP contribution in [-0.4, -0.2) is 19.6 Å². The van der Waals surface area contributed by atoms with Gasteiger partial charge < -0.3 is 35.9 Å². The number of halogens is 2. The van der Waals surface area contributed by atoms with E-state index in [0.717, 1.165) is 5.92 Å². The Labute approximate surface area is 217 Å². The standard InChI is InChI=1S/C28H59N.2ClH.H3N/c1-5-7-8-9-10-11-14-17-20-23-26-29(6-2)27-24-21-18-15-12-13-16-19-22-25-28(3)4;;;/h28H,5-27H2,1-4H3;2*1H;1H3. The minimum Gasteiger partial charge on any atom is -1.00 e. The molecule has 0 aliphatic carbocycles. The van der Waals surface area contributed by atoms with Crippen molar-refractivity contribution < 1.29 is 29.7 Å². The lowest BCUT2D eigenvalue weighted by molar-refractivity contribution is -0.898. The van der Waals surface area contributed by atoms with Gasteiger partial charge in [-0.1, -0.05) is 124 Å². The molecule has 0 amide bonds. The highest BCUT2D eigenvalue weighted by Crippen LogP contribution is 2.13. The van der Waals surface area contributed by atoms with Gasteiger partial charge in [0.1, 0.15) is 0 Å². The molecule has 0 spiro atoms. The highest BCUT2D eigenvalue weighted by Gasteiger charge is 2.05. The molecule has 0 rings (SSSR count). The van der Waals surface area contributed by atoms with E-state index in [2.05, 4.69) is 27.7 Å². The van der Waals surface area contributed by atoms with Gasteiger partial charge in [0.2, 0.25) is 0 Å². The van der Waals surface area contributed by atoms with Crippen LogP contribution < -0.4 is 35.9 Å². The van der Waals surface area contributed by atoms with Crippen LogP contribution in [-0.2, 0) is 0 Å². The summed E-state index contributed by atoms with van der Waals surface area (Å²) in [5, 5.41) is 0. The third-order valence-electron chi connectivity index (χ3n) is 6.70. The van der Waals surface area contributed by atoms with Crippen molar-refractivity contribution in [3.63, 3.8) is 0 Å². The zero-order valence-electron chi connectivity index (χ0n) is 23.1. The number of hydrogen-bond donors (Lipinski definition) is 2. The lowest BCUT2D eigenvalue weighted by Gasteiger charge is -2.17. The van der Waals surface area contributed by atoms with Crippen LogP contribution >= 0.6 is 0 Å². The Kier molecular flexibility index (Phi) is 41.8. The van der Waals surface area contributed by atoms with Crippen molar-refractivity contribution in [2.24, 2.45) is 5.92 Å². The number of unbranched alkanes of at least 4 members (excludes halogenated alkanes) is 17. The Hall–Kier alpha value is 0.500. The Morgan fingerprint density at radius 3 is 1.09 bits per heavy atom. The average molecular weight is 500 g/mol. The van der Waals surface area contributed by atoms with Crippen LogP contribution in [0, 0.1) is 5.92 Å². The predicted molar refractivity (Wildman–Crippen MR) is 140 cm³/mol. The van der Waals surface area contributed by atoms with Crippen LogP contribution in [0.1, 0.15) is 156 Å². The zero-order valence-corrected chi connectivity index (χ0v) is 24.6. The van der Waals surface area contributed by atoms with E-state index in [9.17, 15) is 0 Å². The van der Waals surface area contributed by atoms with Crippen LogP contribution in [0.5, 0.6) is 0 Å². The lowest BCUT2D eigenvalue weighted by atomic mass is 10.0. The first-order chi connectivity index (χ1) is 14.2. The fourth-order valence-corrected chi connectivity index (χ4v) is 4.51. The maximum Gasteiger partial charge on any atom is 0.0770 e. The molecule has 1 unspecified atom stereocenters. The van der Waals surface area contributed by atoms with Crippen LogP contribution in [0.4, 0.5) is 0 Å². The van der Waals surface area contributed by atoms with E-state index in [0.29, 0.717) is 0 Å². The molecule has 0 aromatic heterocycles. The maximum atomic E-state index is 2.38. The molecule has 200 valence electrons. The van der Waals surface area contributed by atoms with Crippen molar-refractivity contribution in [3.05, 3.63) is 0 Å². The molecule has 0 radical (unpaired) electrons. The summed E-state index contributed by atoms with van der Waals surface area (Å²) in [7, 11) is 0. The minimum absolute atomic E-state index is 0. The van der Waals surface area contributed by atoms with Crippen LogP contribution in [0.3, 0.4) is 0 Å². The summed E-state index contributed by atoms with van der Waals surface area (Å²) in [4.78, 5) is 1.86. The number of hydrogen-bond acceptors (Lipinski definition) is 0. The Morgan fingerprint density at radius 2 is 0.781 bits per heavy atom. The quantitative estimate of drug-likeness (QED) is 0.192. The largest absolute Gasteiger partial charge is 1.00 e. The molecule has 0 bridgehead atoms. The van der Waals surface area contributed by atoms with Crippen molar-refractivity contribution in [2.45, 2.75) is 156 Å². The number of quaternary nitrogens is 2. The van der Waals surface area contributed by atoms with E-state index >= 15 is 0 Å². The van der Waals surface area contributed by atoms with E-state index in [1.807, 2.05) is 4.90 Å². The van der Waals surface area contributed by atoms with E-state index in [4.69, 9.17) is 0 Å². The predicted octanol–water partition coefficient (Wildman–Crippen LogP) is 2.75. The highest BCUT2D eigenvalue weighted by molar-refractivity contribution is 4.50. The average Bonchev–Trinajstić information content (AvgIpc) is 2.71. The van der Waals surface area contributed by atoms with E-state index in [-0.39, 0.29) is 31.0 Å². The first-order valence-corrected chi connectivity index (χ1v) is 14.0. The van der Waals surface area contributed by atoms with Gasteiger partial charge >= 0.3 is 0 Å². The van der Waals surface area contributed by atoms with Gasteiger partial charge in [0.15, 0.2) is 0 Å². The monoisotopic (exact) mass is 498 g/mol. The minimum atomic E-state index is 0. The first kappa shape index (κ1) is 39.7. The second-order valence-corrected chi connectivity index (χ2v) is 10.2. The molecule has 0 fully saturated rings. The van der Waals surface area contributed by atoms with Crippen LogP contribution in [0.2, 0.25) is 0 Å². The lowest BCUT2D eigenvalue weighted by Crippen LogP contribution is -3.11. The Balaban J connectivity index is -0.00000131. The summed E-state index contributed by atoms with van der Waals surface area (Å²) in [6.45, 7) is 13.5. The van der Waals surface area contributed by atoms with Crippen molar-refractivity contribution in [1.29, 1.82) is 0 Å². The molecule has 0 aliphatic rings. The van der Waals surface area contributed by atoms with Crippen molar-refractivity contribution in [1.82, 2.24) is 6.15 Å². The summed E-state index contributed by atoms with van der Waals surface area (Å²) in [6, 6.07) is 0. The summed E-state index contributed by atoms with van der Waals surface area (Å²) in [5.74, 6) is 0.893.